The van der Waals surface area contributed by atoms with E-state index in [2.05, 4.69) is 31.1 Å². The highest BCUT2D eigenvalue weighted by Gasteiger charge is 2.13. The Hall–Kier alpha value is -3.19. The molecular formula is C21H16BrN3O3. The summed E-state index contributed by atoms with van der Waals surface area (Å²) in [4.78, 5) is 15.0. The first-order valence-electron chi connectivity index (χ1n) is 8.59. The maximum Gasteiger partial charge on any atom is 0.302 e. The topological polar surface area (TPSA) is 87.0 Å². The second kappa shape index (κ2) is 7.44. The Labute approximate surface area is 169 Å². The van der Waals surface area contributed by atoms with Crippen LogP contribution in [0.5, 0.6) is 11.6 Å². The van der Waals surface area contributed by atoms with Gasteiger partial charge in [0.25, 0.3) is 0 Å². The van der Waals surface area contributed by atoms with E-state index in [9.17, 15) is 9.90 Å². The number of carbonyl (C=O) groups excluding carboxylic acids is 1. The summed E-state index contributed by atoms with van der Waals surface area (Å²) in [5.74, 6) is -0.0772. The number of nitrogens with one attached hydrogen (secondary N) is 1. The van der Waals surface area contributed by atoms with Gasteiger partial charge in [-0.1, -0.05) is 52.3 Å². The molecule has 3 aromatic carbocycles. The molecule has 28 heavy (non-hydrogen) atoms. The lowest BCUT2D eigenvalue weighted by molar-refractivity contribution is -0.120. The molecule has 0 fully saturated rings. The molecule has 0 radical (unpaired) electrons. The highest BCUT2D eigenvalue weighted by Crippen LogP contribution is 2.37. The third-order valence-corrected chi connectivity index (χ3v) is 5.25. The fourth-order valence-corrected chi connectivity index (χ4v) is 3.34. The van der Waals surface area contributed by atoms with Crippen LogP contribution in [-0.2, 0) is 4.79 Å². The van der Waals surface area contributed by atoms with Crippen molar-refractivity contribution >= 4 is 49.2 Å². The number of rotatable bonds is 4. The lowest BCUT2D eigenvalue weighted by Gasteiger charge is -2.07. The van der Waals surface area contributed by atoms with Crippen LogP contribution in [0.3, 0.4) is 0 Å². The van der Waals surface area contributed by atoms with Crippen molar-refractivity contribution in [1.29, 1.82) is 0 Å². The molecule has 7 heteroatoms. The number of aromatic amines is 1. The molecule has 6 nitrogen and oxygen atoms in total. The van der Waals surface area contributed by atoms with Gasteiger partial charge < -0.3 is 14.8 Å². The lowest BCUT2D eigenvalue weighted by Crippen LogP contribution is -2.08. The number of hydrogen-bond donors (Lipinski definition) is 2. The summed E-state index contributed by atoms with van der Waals surface area (Å²) in [7, 11) is 0. The first kappa shape index (κ1) is 18.2. The molecule has 0 aliphatic heterocycles. The van der Waals surface area contributed by atoms with E-state index >= 15 is 0 Å². The molecule has 140 valence electrons. The number of amides is 1. The maximum absolute atomic E-state index is 12.1. The van der Waals surface area contributed by atoms with Gasteiger partial charge in [-0.05, 0) is 36.1 Å². The Bertz CT molecular complexity index is 1230. The summed E-state index contributed by atoms with van der Waals surface area (Å²) in [6, 6.07) is 17.1. The van der Waals surface area contributed by atoms with E-state index in [-0.39, 0.29) is 18.2 Å². The number of aromatic hydroxyl groups is 1. The molecule has 1 aromatic heterocycles. The van der Waals surface area contributed by atoms with E-state index in [1.165, 1.54) is 0 Å². The van der Waals surface area contributed by atoms with Crippen molar-refractivity contribution in [2.24, 2.45) is 10.2 Å². The number of halogens is 1. The summed E-state index contributed by atoms with van der Waals surface area (Å²) in [5, 5.41) is 20.4. The molecule has 0 aliphatic carbocycles. The highest BCUT2D eigenvalue weighted by molar-refractivity contribution is 9.10. The van der Waals surface area contributed by atoms with Crippen LogP contribution in [0.1, 0.15) is 5.56 Å². The number of H-pyrrole nitrogens is 1. The van der Waals surface area contributed by atoms with E-state index in [0.717, 1.165) is 20.8 Å². The van der Waals surface area contributed by atoms with Crippen molar-refractivity contribution < 1.29 is 14.6 Å². The molecule has 4 rings (SSSR count). The molecule has 0 unspecified atom stereocenters. The standard InChI is InChI=1S/C21H16BrN3O3/c1-12-9-15-17(10-16(12)22)23-21(27)20(15)25-24-19(26)11-28-18-8-4-6-13-5-2-3-7-14(13)18/h2-10,23,27H,11H2,1H3. The average Bonchev–Trinajstić information content (AvgIpc) is 2.99. The van der Waals surface area contributed by atoms with Crippen LogP contribution in [0.4, 0.5) is 5.69 Å². The fraction of sp³-hybridized carbons (Fsp3) is 0.0952. The number of hydrogen-bond acceptors (Lipinski definition) is 4. The first-order valence-corrected chi connectivity index (χ1v) is 9.38. The van der Waals surface area contributed by atoms with Gasteiger partial charge in [-0.2, -0.15) is 0 Å². The molecule has 4 aromatic rings. The molecule has 0 bridgehead atoms. The largest absolute Gasteiger partial charge is 0.493 e. The molecule has 1 heterocycles. The van der Waals surface area contributed by atoms with E-state index in [1.54, 1.807) is 6.07 Å². The number of carbonyl (C=O) groups is 1. The molecule has 2 N–H and O–H groups in total. The number of benzene rings is 3. The molecule has 0 atom stereocenters. The Morgan fingerprint density at radius 1 is 1.14 bits per heavy atom. The Morgan fingerprint density at radius 2 is 1.93 bits per heavy atom. The van der Waals surface area contributed by atoms with Crippen LogP contribution in [0.25, 0.3) is 21.7 Å². The summed E-state index contributed by atoms with van der Waals surface area (Å²) in [6.07, 6.45) is 0. The number of azo groups is 1. The van der Waals surface area contributed by atoms with Crippen molar-refractivity contribution in [3.05, 3.63) is 64.6 Å². The average molecular weight is 438 g/mol. The molecule has 0 aliphatic rings. The maximum atomic E-state index is 12.1. The first-order chi connectivity index (χ1) is 13.5. The summed E-state index contributed by atoms with van der Waals surface area (Å²) in [5.41, 5.74) is 1.90. The monoisotopic (exact) mass is 437 g/mol. The van der Waals surface area contributed by atoms with Crippen molar-refractivity contribution in [1.82, 2.24) is 4.98 Å². The van der Waals surface area contributed by atoms with Crippen molar-refractivity contribution in [3.8, 4) is 11.6 Å². The molecular weight excluding hydrogens is 422 g/mol. The number of ether oxygens (including phenoxy) is 1. The quantitative estimate of drug-likeness (QED) is 0.396. The van der Waals surface area contributed by atoms with E-state index in [4.69, 9.17) is 4.74 Å². The van der Waals surface area contributed by atoms with Crippen LogP contribution in [0.15, 0.2) is 69.3 Å². The van der Waals surface area contributed by atoms with Gasteiger partial charge in [-0.25, -0.2) is 0 Å². The SMILES string of the molecule is Cc1cc2c(N=NC(=O)COc3cccc4ccccc34)c(O)[nH]c2cc1Br. The minimum Gasteiger partial charge on any atom is -0.493 e. The van der Waals surface area contributed by atoms with Crippen LogP contribution in [-0.4, -0.2) is 22.6 Å². The van der Waals surface area contributed by atoms with Crippen LogP contribution >= 0.6 is 15.9 Å². The molecule has 0 saturated carbocycles. The second-order valence-corrected chi connectivity index (χ2v) is 7.18. The second-order valence-electron chi connectivity index (χ2n) is 6.33. The van der Waals surface area contributed by atoms with Gasteiger partial charge in [0, 0.05) is 15.2 Å². The van der Waals surface area contributed by atoms with Gasteiger partial charge in [-0.3, -0.25) is 4.79 Å². The molecule has 1 amide bonds. The normalized spacial score (nSPS) is 11.5. The van der Waals surface area contributed by atoms with Crippen LogP contribution < -0.4 is 4.74 Å². The third kappa shape index (κ3) is 3.48. The van der Waals surface area contributed by atoms with Crippen molar-refractivity contribution in [2.45, 2.75) is 6.92 Å². The Kier molecular flexibility index (Phi) is 4.83. The highest BCUT2D eigenvalue weighted by atomic mass is 79.9. The zero-order valence-electron chi connectivity index (χ0n) is 14.9. The predicted molar refractivity (Wildman–Crippen MR) is 111 cm³/mol. The van der Waals surface area contributed by atoms with Crippen LogP contribution in [0, 0.1) is 6.92 Å². The van der Waals surface area contributed by atoms with Gasteiger partial charge in [0.2, 0.25) is 5.88 Å². The van der Waals surface area contributed by atoms with Gasteiger partial charge in [0.05, 0.1) is 5.52 Å². The number of nitrogens with zero attached hydrogens (tertiary/aromatic N) is 2. The van der Waals surface area contributed by atoms with E-state index in [1.807, 2.05) is 55.5 Å². The molecule has 0 spiro atoms. The minimum absolute atomic E-state index is 0.140. The predicted octanol–water partition coefficient (Wildman–Crippen LogP) is 5.79. The summed E-state index contributed by atoms with van der Waals surface area (Å²) in [6.45, 7) is 1.68. The minimum atomic E-state index is -0.546. The van der Waals surface area contributed by atoms with Gasteiger partial charge in [0.15, 0.2) is 12.3 Å². The third-order valence-electron chi connectivity index (χ3n) is 4.39. The van der Waals surface area contributed by atoms with E-state index < -0.39 is 5.91 Å². The van der Waals surface area contributed by atoms with E-state index in [0.29, 0.717) is 16.7 Å². The van der Waals surface area contributed by atoms with Crippen molar-refractivity contribution in [2.75, 3.05) is 6.61 Å². The smallest absolute Gasteiger partial charge is 0.302 e. The summed E-state index contributed by atoms with van der Waals surface area (Å²) >= 11 is 3.45. The van der Waals surface area contributed by atoms with Gasteiger partial charge >= 0.3 is 5.91 Å². The molecule has 0 saturated heterocycles. The van der Waals surface area contributed by atoms with Crippen molar-refractivity contribution in [3.63, 3.8) is 0 Å². The zero-order chi connectivity index (χ0) is 19.7. The lowest BCUT2D eigenvalue weighted by atomic mass is 10.1. The number of fused-ring (bicyclic) bond motifs is 2. The Morgan fingerprint density at radius 3 is 2.79 bits per heavy atom. The van der Waals surface area contributed by atoms with Gasteiger partial charge in [-0.15, -0.1) is 10.2 Å². The summed E-state index contributed by atoms with van der Waals surface area (Å²) < 4.78 is 6.53. The zero-order valence-corrected chi connectivity index (χ0v) is 16.5. The van der Waals surface area contributed by atoms with Crippen LogP contribution in [0.2, 0.25) is 0 Å². The number of aryl methyl sites for hydroxylation is 1. The Balaban J connectivity index is 1.52. The van der Waals surface area contributed by atoms with Gasteiger partial charge in [0.1, 0.15) is 5.75 Å². The number of aromatic nitrogens is 1. The fourth-order valence-electron chi connectivity index (χ4n) is 2.99.